The molecule has 1 aliphatic heterocycles. The van der Waals surface area contributed by atoms with E-state index in [4.69, 9.17) is 34.8 Å². The minimum atomic E-state index is -1.80. The van der Waals surface area contributed by atoms with Gasteiger partial charge >= 0.3 is 8.60 Å². The van der Waals surface area contributed by atoms with E-state index in [2.05, 4.69) is 20.9 Å². The first-order valence-electron chi connectivity index (χ1n) is 9.03. The van der Waals surface area contributed by atoms with Gasteiger partial charge in [-0.25, -0.2) is 4.98 Å². The molecule has 3 heterocycles. The number of terminal acetylenes is 1. The van der Waals surface area contributed by atoms with Crippen LogP contribution < -0.4 is 11.3 Å². The average Bonchev–Trinajstić information content (AvgIpc) is 3.29. The van der Waals surface area contributed by atoms with E-state index in [1.807, 2.05) is 0 Å². The number of nitrogens with zero attached hydrogens (tertiary/aromatic N) is 3. The van der Waals surface area contributed by atoms with Gasteiger partial charge in [-0.15, -0.1) is 12.3 Å². The van der Waals surface area contributed by atoms with Crippen LogP contribution in [-0.2, 0) is 22.6 Å². The summed E-state index contributed by atoms with van der Waals surface area (Å²) < 4.78 is 28.8. The van der Waals surface area contributed by atoms with Crippen LogP contribution in [0.15, 0.2) is 11.1 Å². The van der Waals surface area contributed by atoms with Crippen molar-refractivity contribution in [2.45, 2.75) is 31.0 Å². The van der Waals surface area contributed by atoms with Gasteiger partial charge < -0.3 is 34.3 Å². The van der Waals surface area contributed by atoms with Crippen LogP contribution in [0.5, 0.6) is 0 Å². The number of fused-ring (bicyclic) bond motifs is 1. The Morgan fingerprint density at radius 3 is 2.84 bits per heavy atom. The number of hydrogen-bond donors (Lipinski definition) is 4. The summed E-state index contributed by atoms with van der Waals surface area (Å²) in [5.74, 6) is 2.39. The van der Waals surface area contributed by atoms with E-state index < -0.39 is 47.1 Å². The van der Waals surface area contributed by atoms with E-state index in [1.165, 1.54) is 25.1 Å². The largest absolute Gasteiger partial charge is 0.387 e. The van der Waals surface area contributed by atoms with Crippen LogP contribution in [0.4, 0.5) is 5.95 Å². The van der Waals surface area contributed by atoms with E-state index >= 15 is 0 Å². The first-order chi connectivity index (χ1) is 14.9. The van der Waals surface area contributed by atoms with Crippen molar-refractivity contribution in [2.75, 3.05) is 32.7 Å². The maximum Gasteiger partial charge on any atom is 0.338 e. The number of aromatic nitrogens is 4. The second-order valence-electron chi connectivity index (χ2n) is 6.30. The first kappa shape index (κ1) is 23.9. The van der Waals surface area contributed by atoms with E-state index in [-0.39, 0.29) is 23.7 Å². The molecule has 0 saturated carbocycles. The summed E-state index contributed by atoms with van der Waals surface area (Å²) in [4.78, 5) is 22.3. The molecule has 6 unspecified atom stereocenters. The molecule has 31 heavy (non-hydrogen) atoms. The topological polar surface area (TPSA) is 176 Å². The van der Waals surface area contributed by atoms with Gasteiger partial charge in [-0.3, -0.25) is 18.7 Å². The predicted molar refractivity (Wildman–Crippen MR) is 112 cm³/mol. The Hall–Kier alpha value is -1.71. The van der Waals surface area contributed by atoms with Gasteiger partial charge in [0.2, 0.25) is 5.95 Å². The van der Waals surface area contributed by atoms with Crippen LogP contribution in [0.1, 0.15) is 12.6 Å². The van der Waals surface area contributed by atoms with E-state index in [0.717, 1.165) is 0 Å². The molecular weight excluding hydrogens is 452 g/mol. The second kappa shape index (κ2) is 10.7. The zero-order chi connectivity index (χ0) is 22.5. The molecule has 170 valence electrons. The third-order valence-electron chi connectivity index (χ3n) is 4.36. The normalized spacial score (nSPS) is 25.5. The maximum absolute atomic E-state index is 12.0. The third kappa shape index (κ3) is 5.38. The van der Waals surface area contributed by atoms with Crippen LogP contribution in [0.2, 0.25) is 0 Å². The lowest BCUT2D eigenvalue weighted by Crippen LogP contribution is -2.33. The van der Waals surface area contributed by atoms with Crippen LogP contribution >= 0.6 is 17.0 Å². The van der Waals surface area contributed by atoms with Crippen LogP contribution in [0, 0.1) is 12.3 Å². The van der Waals surface area contributed by atoms with E-state index in [1.54, 1.807) is 0 Å². The van der Waals surface area contributed by atoms with Crippen LogP contribution in [-0.4, -0.2) is 75.0 Å². The van der Waals surface area contributed by atoms with Gasteiger partial charge in [-0.05, 0) is 0 Å². The van der Waals surface area contributed by atoms with Crippen molar-refractivity contribution in [3.05, 3.63) is 16.7 Å². The molecule has 1 aliphatic rings. The van der Waals surface area contributed by atoms with Crippen molar-refractivity contribution in [1.29, 1.82) is 0 Å². The Morgan fingerprint density at radius 2 is 2.16 bits per heavy atom. The van der Waals surface area contributed by atoms with Crippen LogP contribution in [0.3, 0.4) is 0 Å². The molecule has 1 saturated heterocycles. The number of nitrogens with one attached hydrogen (secondary N) is 1. The summed E-state index contributed by atoms with van der Waals surface area (Å²) in [5.41, 5.74) is 5.20. The number of rotatable bonds is 10. The monoisotopic (exact) mass is 475 g/mol. The van der Waals surface area contributed by atoms with Crippen molar-refractivity contribution in [3.63, 3.8) is 0 Å². The second-order valence-corrected chi connectivity index (χ2v) is 9.50. The van der Waals surface area contributed by atoms with Crippen molar-refractivity contribution in [2.24, 2.45) is 0 Å². The number of imidazole rings is 1. The standard InChI is InChI=1S/C16H23N5O8P2/c1-4-5-6-30(25-2)29-31(26-3)27-7-9-11(22)12(23)15(28-9)21-8-18-10-13(21)19-16(17)20-14(10)24/h1,8-9,11-12,15,22-23H,5-7H2,2-3H3,(H3,17,19,20,24). The third-order valence-corrected chi connectivity index (χ3v) is 7.27. The molecule has 2 aromatic rings. The highest BCUT2D eigenvalue weighted by molar-refractivity contribution is 7.58. The molecule has 0 radical (unpaired) electrons. The Balaban J connectivity index is 1.67. The quantitative estimate of drug-likeness (QED) is 0.273. The molecule has 0 amide bonds. The first-order valence-corrected chi connectivity index (χ1v) is 11.5. The van der Waals surface area contributed by atoms with Crippen molar-refractivity contribution in [1.82, 2.24) is 19.5 Å². The van der Waals surface area contributed by atoms with Gasteiger partial charge in [0.25, 0.3) is 5.56 Å². The minimum Gasteiger partial charge on any atom is -0.387 e. The number of aromatic amines is 1. The van der Waals surface area contributed by atoms with Crippen molar-refractivity contribution in [3.8, 4) is 12.3 Å². The number of nitrogen functional groups attached to an aromatic ring is 1. The number of ether oxygens (including phenoxy) is 1. The summed E-state index contributed by atoms with van der Waals surface area (Å²) >= 11 is 0. The molecular formula is C16H23N5O8P2. The highest BCUT2D eigenvalue weighted by atomic mass is 31.2. The number of nitrogens with two attached hydrogens (primary N) is 1. The Kier molecular flexibility index (Phi) is 8.30. The number of aliphatic hydroxyl groups is 2. The number of anilines is 1. The zero-order valence-corrected chi connectivity index (χ0v) is 18.5. The molecule has 0 aliphatic carbocycles. The van der Waals surface area contributed by atoms with Crippen molar-refractivity contribution < 1.29 is 32.8 Å². The van der Waals surface area contributed by atoms with Gasteiger partial charge in [-0.2, -0.15) is 4.98 Å². The molecule has 0 bridgehead atoms. The van der Waals surface area contributed by atoms with Crippen molar-refractivity contribution >= 4 is 34.1 Å². The fourth-order valence-corrected chi connectivity index (χ4v) is 5.38. The molecule has 0 aromatic carbocycles. The fourth-order valence-electron chi connectivity index (χ4n) is 2.87. The number of H-pyrrole nitrogens is 1. The van der Waals surface area contributed by atoms with E-state index in [9.17, 15) is 15.0 Å². The Bertz CT molecular complexity index is 981. The summed E-state index contributed by atoms with van der Waals surface area (Å²) in [7, 11) is -0.191. The molecule has 5 N–H and O–H groups in total. The number of hydrogen-bond acceptors (Lipinski definition) is 11. The van der Waals surface area contributed by atoms with Crippen LogP contribution in [0.25, 0.3) is 11.2 Å². The smallest absolute Gasteiger partial charge is 0.338 e. The summed E-state index contributed by atoms with van der Waals surface area (Å²) in [6.45, 7) is -0.140. The lowest BCUT2D eigenvalue weighted by atomic mass is 10.1. The molecule has 15 heteroatoms. The molecule has 6 atom stereocenters. The van der Waals surface area contributed by atoms with Gasteiger partial charge in [0.1, 0.15) is 18.3 Å². The molecule has 2 aromatic heterocycles. The van der Waals surface area contributed by atoms with Gasteiger partial charge in [0.15, 0.2) is 25.8 Å². The summed E-state index contributed by atoms with van der Waals surface area (Å²) in [6.07, 6.45) is 2.91. The van der Waals surface area contributed by atoms with Gasteiger partial charge in [0.05, 0.1) is 12.9 Å². The lowest BCUT2D eigenvalue weighted by Gasteiger charge is -2.21. The predicted octanol–water partition coefficient (Wildman–Crippen LogP) is 0.209. The lowest BCUT2D eigenvalue weighted by molar-refractivity contribution is -0.0486. The summed E-state index contributed by atoms with van der Waals surface area (Å²) in [6, 6.07) is 0. The highest BCUT2D eigenvalue weighted by Gasteiger charge is 2.45. The Morgan fingerprint density at radius 1 is 1.39 bits per heavy atom. The van der Waals surface area contributed by atoms with E-state index in [0.29, 0.717) is 12.6 Å². The average molecular weight is 475 g/mol. The molecule has 3 rings (SSSR count). The highest BCUT2D eigenvalue weighted by Crippen LogP contribution is 2.54. The number of aliphatic hydroxyl groups excluding tert-OH is 2. The van der Waals surface area contributed by atoms with Gasteiger partial charge in [0, 0.05) is 26.8 Å². The molecule has 13 nitrogen and oxygen atoms in total. The SMILES string of the molecule is C#CCCP(OC)OP(OC)OCC1OC(n2cnc3c(=O)[nH]c(N)nc32)C(O)C1O. The summed E-state index contributed by atoms with van der Waals surface area (Å²) in [5, 5.41) is 20.9. The maximum atomic E-state index is 12.0. The minimum absolute atomic E-state index is 0.0235. The molecule has 0 spiro atoms. The van der Waals surface area contributed by atoms with Gasteiger partial charge in [-0.1, -0.05) is 0 Å². The fraction of sp³-hybridized carbons (Fsp3) is 0.562. The molecule has 1 fully saturated rings. The Labute approximate surface area is 179 Å². The zero-order valence-electron chi connectivity index (χ0n) is 16.7.